The first-order valence-electron chi connectivity index (χ1n) is 10.6. The molecule has 4 aromatic rings. The third kappa shape index (κ3) is 3.79. The van der Waals surface area contributed by atoms with Gasteiger partial charge in [-0.1, -0.05) is 25.0 Å². The van der Waals surface area contributed by atoms with Crippen molar-refractivity contribution in [3.05, 3.63) is 66.3 Å². The van der Waals surface area contributed by atoms with Crippen molar-refractivity contribution in [3.8, 4) is 17.0 Å². The maximum Gasteiger partial charge on any atom is 0.287 e. The van der Waals surface area contributed by atoms with E-state index in [1.165, 1.54) is 12.8 Å². The van der Waals surface area contributed by atoms with Crippen molar-refractivity contribution in [1.29, 1.82) is 0 Å². The molecule has 1 aromatic carbocycles. The largest absolute Gasteiger partial charge is 0.493 e. The Kier molecular flexibility index (Phi) is 5.16. The number of hydrogen-bond acceptors (Lipinski definition) is 5. The molecule has 0 unspecified atom stereocenters. The van der Waals surface area contributed by atoms with Gasteiger partial charge in [0.15, 0.2) is 17.1 Å². The highest BCUT2D eigenvalue weighted by atomic mass is 16.5. The molecule has 7 heteroatoms. The fraction of sp³-hybridized carbons (Fsp3) is 0.292. The van der Waals surface area contributed by atoms with Crippen molar-refractivity contribution >= 4 is 16.9 Å². The second-order valence-electron chi connectivity index (χ2n) is 7.81. The molecule has 1 amide bonds. The highest BCUT2D eigenvalue weighted by molar-refractivity contribution is 5.97. The Morgan fingerprint density at radius 3 is 2.77 bits per heavy atom. The molecule has 1 aliphatic carbocycles. The molecule has 0 saturated heterocycles. The zero-order valence-corrected chi connectivity index (χ0v) is 17.4. The smallest absolute Gasteiger partial charge is 0.287 e. The van der Waals surface area contributed by atoms with Crippen LogP contribution in [0.1, 0.15) is 48.0 Å². The molecule has 158 valence electrons. The van der Waals surface area contributed by atoms with Crippen molar-refractivity contribution < 1.29 is 13.9 Å². The number of furan rings is 1. The molecule has 0 atom stereocenters. The van der Waals surface area contributed by atoms with Crippen LogP contribution >= 0.6 is 0 Å². The van der Waals surface area contributed by atoms with Crippen molar-refractivity contribution in [2.24, 2.45) is 0 Å². The summed E-state index contributed by atoms with van der Waals surface area (Å²) in [5.41, 5.74) is 3.53. The average Bonchev–Trinajstić information content (AvgIpc) is 3.56. The van der Waals surface area contributed by atoms with Crippen LogP contribution in [-0.4, -0.2) is 27.8 Å². The monoisotopic (exact) mass is 416 g/mol. The van der Waals surface area contributed by atoms with E-state index in [0.29, 0.717) is 23.9 Å². The van der Waals surface area contributed by atoms with Crippen molar-refractivity contribution in [2.75, 3.05) is 7.11 Å². The van der Waals surface area contributed by atoms with Gasteiger partial charge in [0, 0.05) is 23.3 Å². The number of pyridine rings is 1. The summed E-state index contributed by atoms with van der Waals surface area (Å²) in [5, 5.41) is 8.60. The Morgan fingerprint density at radius 1 is 1.19 bits per heavy atom. The predicted octanol–water partition coefficient (Wildman–Crippen LogP) is 4.75. The molecule has 1 fully saturated rings. The summed E-state index contributed by atoms with van der Waals surface area (Å²) in [7, 11) is 1.58. The first kappa shape index (κ1) is 19.4. The molecular formula is C24H24N4O3. The van der Waals surface area contributed by atoms with Gasteiger partial charge in [-0.3, -0.25) is 14.5 Å². The number of fused-ring (bicyclic) bond motifs is 1. The molecule has 1 aliphatic rings. The van der Waals surface area contributed by atoms with E-state index in [1.807, 2.05) is 30.3 Å². The summed E-state index contributed by atoms with van der Waals surface area (Å²) >= 11 is 0. The lowest BCUT2D eigenvalue weighted by Crippen LogP contribution is -2.22. The molecular weight excluding hydrogens is 392 g/mol. The van der Waals surface area contributed by atoms with Crippen LogP contribution in [0.4, 0.5) is 0 Å². The van der Waals surface area contributed by atoms with Crippen molar-refractivity contribution in [2.45, 2.75) is 38.3 Å². The zero-order chi connectivity index (χ0) is 21.2. The number of ether oxygens (including phenoxy) is 1. The maximum absolute atomic E-state index is 12.7. The Morgan fingerprint density at radius 2 is 2.00 bits per heavy atom. The van der Waals surface area contributed by atoms with Crippen molar-refractivity contribution in [1.82, 2.24) is 20.1 Å². The zero-order valence-electron chi connectivity index (χ0n) is 17.4. The number of benzene rings is 1. The first-order valence-corrected chi connectivity index (χ1v) is 10.6. The van der Waals surface area contributed by atoms with Gasteiger partial charge >= 0.3 is 0 Å². The van der Waals surface area contributed by atoms with E-state index < -0.39 is 0 Å². The molecule has 0 spiro atoms. The molecule has 1 N–H and O–H groups in total. The predicted molar refractivity (Wildman–Crippen MR) is 117 cm³/mol. The number of nitrogens with zero attached hydrogens (tertiary/aromatic N) is 3. The van der Waals surface area contributed by atoms with Gasteiger partial charge in [-0.05, 0) is 43.2 Å². The van der Waals surface area contributed by atoms with Crippen LogP contribution in [0.25, 0.3) is 22.2 Å². The Labute approximate surface area is 180 Å². The summed E-state index contributed by atoms with van der Waals surface area (Å²) in [4.78, 5) is 16.8. The number of methoxy groups -OCH3 is 1. The second-order valence-corrected chi connectivity index (χ2v) is 7.81. The highest BCUT2D eigenvalue weighted by Crippen LogP contribution is 2.33. The van der Waals surface area contributed by atoms with Gasteiger partial charge in [0.1, 0.15) is 0 Å². The average molecular weight is 416 g/mol. The van der Waals surface area contributed by atoms with Gasteiger partial charge in [-0.25, -0.2) is 0 Å². The van der Waals surface area contributed by atoms with Gasteiger partial charge in [-0.15, -0.1) is 0 Å². The number of carbonyl (C=O) groups excluding carboxylic acids is 1. The fourth-order valence-corrected chi connectivity index (χ4v) is 4.26. The first-order chi connectivity index (χ1) is 15.2. The third-order valence-corrected chi connectivity index (χ3v) is 5.81. The molecule has 0 bridgehead atoms. The van der Waals surface area contributed by atoms with Crippen LogP contribution < -0.4 is 10.1 Å². The molecule has 0 aliphatic heterocycles. The lowest BCUT2D eigenvalue weighted by atomic mass is 10.1. The summed E-state index contributed by atoms with van der Waals surface area (Å²) < 4.78 is 13.2. The topological polar surface area (TPSA) is 82.2 Å². The number of nitrogens with one attached hydrogen (secondary N) is 1. The molecule has 3 heterocycles. The molecule has 5 rings (SSSR count). The van der Waals surface area contributed by atoms with E-state index in [9.17, 15) is 4.79 Å². The van der Waals surface area contributed by atoms with Gasteiger partial charge in [-0.2, -0.15) is 5.10 Å². The summed E-state index contributed by atoms with van der Waals surface area (Å²) in [6, 6.07) is 13.7. The standard InChI is InChI=1S/C24H24N4O3/c1-30-21-8-4-5-17-13-22(31-23(17)21)24(29)26-15-18-14-20(16-9-11-25-12-10-16)28(27-18)19-6-2-3-7-19/h4-5,8-14,19H,2-3,6-7,15H2,1H3,(H,26,29). The van der Waals surface area contributed by atoms with Gasteiger partial charge < -0.3 is 14.5 Å². The van der Waals surface area contributed by atoms with Crippen LogP contribution in [0.3, 0.4) is 0 Å². The summed E-state index contributed by atoms with van der Waals surface area (Å²) in [6.45, 7) is 0.324. The van der Waals surface area contributed by atoms with E-state index in [-0.39, 0.29) is 11.7 Å². The number of carbonyl (C=O) groups is 1. The summed E-state index contributed by atoms with van der Waals surface area (Å²) in [6.07, 6.45) is 8.29. The highest BCUT2D eigenvalue weighted by Gasteiger charge is 2.22. The number of amides is 1. The minimum absolute atomic E-state index is 0.254. The van der Waals surface area contributed by atoms with Crippen LogP contribution in [0.15, 0.2) is 59.3 Å². The van der Waals surface area contributed by atoms with Crippen LogP contribution in [0.2, 0.25) is 0 Å². The lowest BCUT2D eigenvalue weighted by molar-refractivity contribution is 0.0924. The Bertz CT molecular complexity index is 1210. The van der Waals surface area contributed by atoms with Crippen LogP contribution in [0, 0.1) is 0 Å². The molecule has 31 heavy (non-hydrogen) atoms. The SMILES string of the molecule is COc1cccc2cc(C(=O)NCc3cc(-c4ccncc4)n(C4CCCC4)n3)oc12. The van der Waals surface area contributed by atoms with Crippen LogP contribution in [0.5, 0.6) is 5.75 Å². The Balaban J connectivity index is 1.37. The molecule has 0 radical (unpaired) electrons. The number of aromatic nitrogens is 3. The quantitative estimate of drug-likeness (QED) is 0.491. The van der Waals surface area contributed by atoms with Crippen LogP contribution in [-0.2, 0) is 6.54 Å². The van der Waals surface area contributed by atoms with E-state index in [0.717, 1.165) is 35.2 Å². The van der Waals surface area contributed by atoms with Crippen molar-refractivity contribution in [3.63, 3.8) is 0 Å². The van der Waals surface area contributed by atoms with Gasteiger partial charge in [0.2, 0.25) is 0 Å². The van der Waals surface area contributed by atoms with Gasteiger partial charge in [0.25, 0.3) is 5.91 Å². The molecule has 1 saturated carbocycles. The fourth-order valence-electron chi connectivity index (χ4n) is 4.26. The normalized spacial score (nSPS) is 14.2. The molecule has 3 aromatic heterocycles. The Hall–Kier alpha value is -3.61. The minimum atomic E-state index is -0.279. The third-order valence-electron chi connectivity index (χ3n) is 5.81. The number of hydrogen-bond donors (Lipinski definition) is 1. The summed E-state index contributed by atoms with van der Waals surface area (Å²) in [5.74, 6) is 0.581. The molecule has 7 nitrogen and oxygen atoms in total. The van der Waals surface area contributed by atoms with E-state index in [4.69, 9.17) is 14.3 Å². The van der Waals surface area contributed by atoms with Gasteiger partial charge in [0.05, 0.1) is 31.1 Å². The van der Waals surface area contributed by atoms with E-state index in [2.05, 4.69) is 21.0 Å². The lowest BCUT2D eigenvalue weighted by Gasteiger charge is -2.14. The van der Waals surface area contributed by atoms with E-state index in [1.54, 1.807) is 25.6 Å². The second kappa shape index (κ2) is 8.26. The minimum Gasteiger partial charge on any atom is -0.493 e. The number of rotatable bonds is 6. The number of para-hydroxylation sites is 1. The van der Waals surface area contributed by atoms with E-state index >= 15 is 0 Å². The maximum atomic E-state index is 12.7.